The molecule has 0 saturated carbocycles. The van der Waals surface area contributed by atoms with Crippen LogP contribution in [-0.4, -0.2) is 38.4 Å². The zero-order chi connectivity index (χ0) is 16.0. The van der Waals surface area contributed by atoms with E-state index in [2.05, 4.69) is 10.1 Å². The number of hydrogen-bond acceptors (Lipinski definition) is 5. The first-order valence-electron chi connectivity index (χ1n) is 6.39. The number of aryl methyl sites for hydroxylation is 1. The van der Waals surface area contributed by atoms with Gasteiger partial charge in [0.2, 0.25) is 5.91 Å². The molecule has 1 unspecified atom stereocenters. The van der Waals surface area contributed by atoms with Gasteiger partial charge >= 0.3 is 5.97 Å². The summed E-state index contributed by atoms with van der Waals surface area (Å²) in [5.74, 6) is -1.92. The Morgan fingerprint density at radius 3 is 2.57 bits per heavy atom. The SMILES string of the molecule is COC(=O)CC(C)S(=O)(=O)CC(=O)Nc1cccc(C)c1. The Morgan fingerprint density at radius 2 is 2.00 bits per heavy atom. The van der Waals surface area contributed by atoms with E-state index in [0.29, 0.717) is 5.69 Å². The third-order valence-corrected chi connectivity index (χ3v) is 4.99. The monoisotopic (exact) mass is 313 g/mol. The van der Waals surface area contributed by atoms with E-state index in [1.807, 2.05) is 13.0 Å². The summed E-state index contributed by atoms with van der Waals surface area (Å²) in [4.78, 5) is 22.9. The Balaban J connectivity index is 2.66. The second-order valence-electron chi connectivity index (χ2n) is 4.82. The zero-order valence-corrected chi connectivity index (χ0v) is 13.1. The van der Waals surface area contributed by atoms with Crippen molar-refractivity contribution in [2.24, 2.45) is 0 Å². The molecule has 0 radical (unpaired) electrons. The third kappa shape index (κ3) is 5.55. The largest absolute Gasteiger partial charge is 0.469 e. The first-order chi connectivity index (χ1) is 9.74. The highest BCUT2D eigenvalue weighted by Gasteiger charge is 2.26. The molecule has 1 aromatic carbocycles. The van der Waals surface area contributed by atoms with E-state index in [1.165, 1.54) is 14.0 Å². The number of amides is 1. The molecule has 0 aliphatic heterocycles. The number of sulfone groups is 1. The zero-order valence-electron chi connectivity index (χ0n) is 12.3. The van der Waals surface area contributed by atoms with Crippen LogP contribution in [0.2, 0.25) is 0 Å². The molecule has 21 heavy (non-hydrogen) atoms. The third-order valence-electron chi connectivity index (χ3n) is 2.93. The second-order valence-corrected chi connectivity index (χ2v) is 7.23. The summed E-state index contributed by atoms with van der Waals surface area (Å²) in [5.41, 5.74) is 1.49. The van der Waals surface area contributed by atoms with Gasteiger partial charge in [-0.3, -0.25) is 9.59 Å². The number of esters is 1. The molecule has 1 atom stereocenters. The molecule has 1 amide bonds. The van der Waals surface area contributed by atoms with Gasteiger partial charge in [0.15, 0.2) is 9.84 Å². The van der Waals surface area contributed by atoms with E-state index in [0.717, 1.165) is 5.56 Å². The van der Waals surface area contributed by atoms with E-state index in [-0.39, 0.29) is 6.42 Å². The Bertz CT molecular complexity index is 624. The van der Waals surface area contributed by atoms with Gasteiger partial charge in [0, 0.05) is 5.69 Å². The van der Waals surface area contributed by atoms with Crippen LogP contribution >= 0.6 is 0 Å². The molecule has 0 aliphatic carbocycles. The minimum Gasteiger partial charge on any atom is -0.469 e. The van der Waals surface area contributed by atoms with Gasteiger partial charge in [-0.2, -0.15) is 0 Å². The summed E-state index contributed by atoms with van der Waals surface area (Å²) >= 11 is 0. The quantitative estimate of drug-likeness (QED) is 0.800. The maximum atomic E-state index is 12.0. The molecule has 0 heterocycles. The Morgan fingerprint density at radius 1 is 1.33 bits per heavy atom. The van der Waals surface area contributed by atoms with Crippen molar-refractivity contribution in [1.82, 2.24) is 0 Å². The second kappa shape index (κ2) is 7.21. The number of nitrogens with one attached hydrogen (secondary N) is 1. The fourth-order valence-electron chi connectivity index (χ4n) is 1.69. The molecule has 0 aliphatic rings. The Labute approximate surface area is 124 Å². The van der Waals surface area contributed by atoms with E-state index >= 15 is 0 Å². The summed E-state index contributed by atoms with van der Waals surface area (Å²) in [6.07, 6.45) is -0.267. The van der Waals surface area contributed by atoms with Gasteiger partial charge < -0.3 is 10.1 Å². The molecule has 0 aromatic heterocycles. The van der Waals surface area contributed by atoms with Gasteiger partial charge in [0.05, 0.1) is 18.8 Å². The Kier molecular flexibility index (Phi) is 5.90. The average molecular weight is 313 g/mol. The molecular formula is C14H19NO5S. The van der Waals surface area contributed by atoms with Crippen molar-refractivity contribution in [2.75, 3.05) is 18.2 Å². The summed E-state index contributed by atoms with van der Waals surface area (Å²) in [7, 11) is -2.52. The topological polar surface area (TPSA) is 89.5 Å². The van der Waals surface area contributed by atoms with Crippen LogP contribution in [0.5, 0.6) is 0 Å². The molecule has 116 valence electrons. The maximum Gasteiger partial charge on any atom is 0.306 e. The summed E-state index contributed by atoms with van der Waals surface area (Å²) in [6.45, 7) is 3.25. The van der Waals surface area contributed by atoms with Crippen LogP contribution in [0.1, 0.15) is 18.9 Å². The molecule has 0 fully saturated rings. The predicted molar refractivity (Wildman–Crippen MR) is 79.7 cm³/mol. The fraction of sp³-hybridized carbons (Fsp3) is 0.429. The van der Waals surface area contributed by atoms with Crippen LogP contribution in [-0.2, 0) is 24.2 Å². The van der Waals surface area contributed by atoms with Crippen LogP contribution in [0.15, 0.2) is 24.3 Å². The number of ether oxygens (including phenoxy) is 1. The van der Waals surface area contributed by atoms with Crippen molar-refractivity contribution in [3.05, 3.63) is 29.8 Å². The molecule has 1 N–H and O–H groups in total. The van der Waals surface area contributed by atoms with Crippen molar-refractivity contribution in [3.8, 4) is 0 Å². The highest BCUT2D eigenvalue weighted by molar-refractivity contribution is 7.92. The van der Waals surface area contributed by atoms with Gasteiger partial charge in [-0.1, -0.05) is 12.1 Å². The van der Waals surface area contributed by atoms with E-state index in [1.54, 1.807) is 18.2 Å². The lowest BCUT2D eigenvalue weighted by Gasteiger charge is -2.12. The van der Waals surface area contributed by atoms with Crippen LogP contribution in [0.4, 0.5) is 5.69 Å². The van der Waals surface area contributed by atoms with Crippen LogP contribution < -0.4 is 5.32 Å². The lowest BCUT2D eigenvalue weighted by atomic mass is 10.2. The van der Waals surface area contributed by atoms with Gasteiger partial charge in [-0.15, -0.1) is 0 Å². The number of benzene rings is 1. The first kappa shape index (κ1) is 17.2. The lowest BCUT2D eigenvalue weighted by molar-refractivity contribution is -0.140. The van der Waals surface area contributed by atoms with E-state index in [9.17, 15) is 18.0 Å². The maximum absolute atomic E-state index is 12.0. The molecule has 0 bridgehead atoms. The molecule has 1 rings (SSSR count). The van der Waals surface area contributed by atoms with Crippen molar-refractivity contribution in [1.29, 1.82) is 0 Å². The molecule has 6 nitrogen and oxygen atoms in total. The smallest absolute Gasteiger partial charge is 0.306 e. The molecule has 0 spiro atoms. The number of methoxy groups -OCH3 is 1. The Hall–Kier alpha value is -1.89. The highest BCUT2D eigenvalue weighted by Crippen LogP contribution is 2.12. The minimum atomic E-state index is -3.71. The summed E-state index contributed by atoms with van der Waals surface area (Å²) < 4.78 is 28.4. The van der Waals surface area contributed by atoms with Gasteiger partial charge in [-0.25, -0.2) is 8.42 Å². The molecule has 7 heteroatoms. The number of carbonyl (C=O) groups excluding carboxylic acids is 2. The molecule has 0 saturated heterocycles. The van der Waals surface area contributed by atoms with Crippen LogP contribution in [0.25, 0.3) is 0 Å². The van der Waals surface area contributed by atoms with Crippen molar-refractivity contribution in [3.63, 3.8) is 0 Å². The number of carbonyl (C=O) groups is 2. The van der Waals surface area contributed by atoms with Crippen molar-refractivity contribution in [2.45, 2.75) is 25.5 Å². The number of rotatable bonds is 6. The van der Waals surface area contributed by atoms with Gasteiger partial charge in [0.1, 0.15) is 5.75 Å². The lowest BCUT2D eigenvalue weighted by Crippen LogP contribution is -2.31. The van der Waals surface area contributed by atoms with E-state index in [4.69, 9.17) is 0 Å². The van der Waals surface area contributed by atoms with Crippen molar-refractivity contribution >= 4 is 27.4 Å². The molecular weight excluding hydrogens is 294 g/mol. The first-order valence-corrected chi connectivity index (χ1v) is 8.11. The number of anilines is 1. The fourth-order valence-corrected chi connectivity index (χ4v) is 2.80. The standard InChI is InChI=1S/C14H19NO5S/c1-10-5-4-6-12(7-10)15-13(16)9-21(18,19)11(2)8-14(17)20-3/h4-7,11H,8-9H2,1-3H3,(H,15,16). The normalized spacial score (nSPS) is 12.5. The van der Waals surface area contributed by atoms with Crippen LogP contribution in [0, 0.1) is 6.92 Å². The average Bonchev–Trinajstić information content (AvgIpc) is 2.37. The van der Waals surface area contributed by atoms with E-state index < -0.39 is 32.7 Å². The summed E-state index contributed by atoms with van der Waals surface area (Å²) in [6, 6.07) is 7.04. The molecule has 1 aromatic rings. The predicted octanol–water partition coefficient (Wildman–Crippen LogP) is 1.30. The van der Waals surface area contributed by atoms with Crippen molar-refractivity contribution < 1.29 is 22.7 Å². The minimum absolute atomic E-state index is 0.267. The van der Waals surface area contributed by atoms with Crippen LogP contribution in [0.3, 0.4) is 0 Å². The highest BCUT2D eigenvalue weighted by atomic mass is 32.2. The number of hydrogen-bond donors (Lipinski definition) is 1. The van der Waals surface area contributed by atoms with Gasteiger partial charge in [-0.05, 0) is 31.5 Å². The summed E-state index contributed by atoms with van der Waals surface area (Å²) in [5, 5.41) is 1.56. The van der Waals surface area contributed by atoms with Gasteiger partial charge in [0.25, 0.3) is 0 Å².